The van der Waals surface area contributed by atoms with Gasteiger partial charge in [-0.3, -0.25) is 4.79 Å². The van der Waals surface area contributed by atoms with Gasteiger partial charge < -0.3 is 5.32 Å². The van der Waals surface area contributed by atoms with E-state index < -0.39 is 0 Å². The fourth-order valence-corrected chi connectivity index (χ4v) is 2.58. The lowest BCUT2D eigenvalue weighted by Gasteiger charge is -2.15. The van der Waals surface area contributed by atoms with Crippen LogP contribution in [0, 0.1) is 34.5 Å². The molecule has 0 bridgehead atoms. The molecule has 0 radical (unpaired) electrons. The summed E-state index contributed by atoms with van der Waals surface area (Å²) in [6.07, 6.45) is 3.11. The molecular formula is C15H15N3O. The normalized spacial score (nSPS) is 21.4. The fourth-order valence-electron chi connectivity index (χ4n) is 2.58. The van der Waals surface area contributed by atoms with Crippen molar-refractivity contribution in [2.24, 2.45) is 11.8 Å². The third-order valence-corrected chi connectivity index (χ3v) is 3.73. The Hall–Kier alpha value is -2.33. The highest BCUT2D eigenvalue weighted by atomic mass is 16.1. The highest BCUT2D eigenvalue weighted by Crippen LogP contribution is 2.32. The van der Waals surface area contributed by atoms with E-state index in [4.69, 9.17) is 10.5 Å². The number of nitrogens with one attached hydrogen (secondary N) is 1. The van der Waals surface area contributed by atoms with Crippen molar-refractivity contribution in [3.63, 3.8) is 0 Å². The Kier molecular flexibility index (Phi) is 3.82. The van der Waals surface area contributed by atoms with Crippen LogP contribution in [0.2, 0.25) is 0 Å². The van der Waals surface area contributed by atoms with E-state index >= 15 is 0 Å². The molecule has 1 amide bonds. The molecule has 1 aliphatic carbocycles. The van der Waals surface area contributed by atoms with Gasteiger partial charge in [0.2, 0.25) is 5.91 Å². The van der Waals surface area contributed by atoms with Crippen molar-refractivity contribution in [3.05, 3.63) is 29.3 Å². The molecular weight excluding hydrogens is 238 g/mol. The average Bonchev–Trinajstić information content (AvgIpc) is 2.85. The summed E-state index contributed by atoms with van der Waals surface area (Å²) in [5, 5.41) is 20.6. The zero-order valence-corrected chi connectivity index (χ0v) is 10.8. The number of carbonyl (C=O) groups excluding carboxylic acids is 1. The maximum absolute atomic E-state index is 12.1. The first-order valence-corrected chi connectivity index (χ1v) is 6.41. The summed E-state index contributed by atoms with van der Waals surface area (Å²) >= 11 is 0. The zero-order chi connectivity index (χ0) is 13.8. The van der Waals surface area contributed by atoms with Gasteiger partial charge in [0, 0.05) is 11.6 Å². The molecule has 0 saturated heterocycles. The van der Waals surface area contributed by atoms with Crippen molar-refractivity contribution in [3.8, 4) is 12.1 Å². The Morgan fingerprint density at radius 1 is 1.26 bits per heavy atom. The van der Waals surface area contributed by atoms with E-state index in [2.05, 4.69) is 12.2 Å². The Bertz CT molecular complexity index is 580. The van der Waals surface area contributed by atoms with Gasteiger partial charge in [0.25, 0.3) is 0 Å². The third-order valence-electron chi connectivity index (χ3n) is 3.73. The van der Waals surface area contributed by atoms with Crippen LogP contribution in [0.1, 0.15) is 37.3 Å². The molecule has 19 heavy (non-hydrogen) atoms. The second-order valence-corrected chi connectivity index (χ2v) is 4.99. The average molecular weight is 253 g/mol. The van der Waals surface area contributed by atoms with Crippen LogP contribution in [0.25, 0.3) is 0 Å². The van der Waals surface area contributed by atoms with Crippen LogP contribution in [0.4, 0.5) is 5.69 Å². The molecule has 1 fully saturated rings. The number of rotatable bonds is 2. The van der Waals surface area contributed by atoms with E-state index in [-0.39, 0.29) is 11.8 Å². The monoisotopic (exact) mass is 253 g/mol. The molecule has 1 aliphatic rings. The number of anilines is 1. The van der Waals surface area contributed by atoms with Crippen LogP contribution in [0.3, 0.4) is 0 Å². The Labute approximate surface area is 112 Å². The SMILES string of the molecule is CC1CCCC1C(=O)Nc1ccc(C#N)c(C#N)c1. The summed E-state index contributed by atoms with van der Waals surface area (Å²) in [6, 6.07) is 8.70. The van der Waals surface area contributed by atoms with Crippen molar-refractivity contribution < 1.29 is 4.79 Å². The van der Waals surface area contributed by atoms with Crippen LogP contribution in [-0.2, 0) is 4.79 Å². The second kappa shape index (κ2) is 5.54. The molecule has 2 rings (SSSR count). The molecule has 1 saturated carbocycles. The van der Waals surface area contributed by atoms with Gasteiger partial charge in [0.1, 0.15) is 12.1 Å². The molecule has 0 heterocycles. The van der Waals surface area contributed by atoms with E-state index in [1.54, 1.807) is 18.2 Å². The quantitative estimate of drug-likeness (QED) is 0.880. The molecule has 0 aliphatic heterocycles. The number of amides is 1. The van der Waals surface area contributed by atoms with Gasteiger partial charge in [-0.2, -0.15) is 10.5 Å². The van der Waals surface area contributed by atoms with E-state index in [1.807, 2.05) is 12.1 Å². The summed E-state index contributed by atoms with van der Waals surface area (Å²) in [7, 11) is 0. The lowest BCUT2D eigenvalue weighted by atomic mass is 9.97. The highest BCUT2D eigenvalue weighted by Gasteiger charge is 2.29. The van der Waals surface area contributed by atoms with Crippen molar-refractivity contribution in [1.82, 2.24) is 0 Å². The van der Waals surface area contributed by atoms with Crippen LogP contribution >= 0.6 is 0 Å². The second-order valence-electron chi connectivity index (χ2n) is 4.99. The number of nitrogens with zero attached hydrogens (tertiary/aromatic N) is 2. The Morgan fingerprint density at radius 2 is 2.00 bits per heavy atom. The van der Waals surface area contributed by atoms with Crippen LogP contribution in [0.5, 0.6) is 0 Å². The topological polar surface area (TPSA) is 76.7 Å². The predicted octanol–water partition coefficient (Wildman–Crippen LogP) is 2.80. The summed E-state index contributed by atoms with van der Waals surface area (Å²) in [4.78, 5) is 12.1. The minimum Gasteiger partial charge on any atom is -0.326 e. The van der Waals surface area contributed by atoms with Crippen molar-refractivity contribution in [2.75, 3.05) is 5.32 Å². The van der Waals surface area contributed by atoms with Crippen LogP contribution in [0.15, 0.2) is 18.2 Å². The molecule has 1 aromatic rings. The number of carbonyl (C=O) groups is 1. The summed E-state index contributed by atoms with van der Waals surface area (Å²) in [5.74, 6) is 0.480. The minimum absolute atomic E-state index is 0.0126. The van der Waals surface area contributed by atoms with Crippen molar-refractivity contribution in [2.45, 2.75) is 26.2 Å². The van der Waals surface area contributed by atoms with E-state index in [9.17, 15) is 4.79 Å². The van der Waals surface area contributed by atoms with Gasteiger partial charge in [-0.05, 0) is 37.0 Å². The largest absolute Gasteiger partial charge is 0.326 e. The van der Waals surface area contributed by atoms with Gasteiger partial charge >= 0.3 is 0 Å². The number of hydrogen-bond acceptors (Lipinski definition) is 3. The Morgan fingerprint density at radius 3 is 2.58 bits per heavy atom. The van der Waals surface area contributed by atoms with Crippen molar-refractivity contribution in [1.29, 1.82) is 10.5 Å². The molecule has 4 heteroatoms. The third kappa shape index (κ3) is 2.74. The summed E-state index contributed by atoms with van der Waals surface area (Å²) < 4.78 is 0. The lowest BCUT2D eigenvalue weighted by Crippen LogP contribution is -2.24. The zero-order valence-electron chi connectivity index (χ0n) is 10.8. The van der Waals surface area contributed by atoms with Crippen molar-refractivity contribution >= 4 is 11.6 Å². The molecule has 4 nitrogen and oxygen atoms in total. The molecule has 1 N–H and O–H groups in total. The summed E-state index contributed by atoms with van der Waals surface area (Å²) in [5.41, 5.74) is 1.20. The Balaban J connectivity index is 2.14. The lowest BCUT2D eigenvalue weighted by molar-refractivity contribution is -0.120. The van der Waals surface area contributed by atoms with Crippen LogP contribution < -0.4 is 5.32 Å². The molecule has 2 atom stereocenters. The number of benzene rings is 1. The first kappa shape index (κ1) is 13.1. The first-order chi connectivity index (χ1) is 9.15. The number of nitriles is 2. The molecule has 96 valence electrons. The van der Waals surface area contributed by atoms with E-state index in [0.717, 1.165) is 19.3 Å². The highest BCUT2D eigenvalue weighted by molar-refractivity contribution is 5.93. The van der Waals surface area contributed by atoms with Gasteiger partial charge in [-0.25, -0.2) is 0 Å². The first-order valence-electron chi connectivity index (χ1n) is 6.41. The molecule has 0 spiro atoms. The standard InChI is InChI=1S/C15H15N3O/c1-10-3-2-4-14(10)15(19)18-13-6-5-11(8-16)12(7-13)9-17/h5-7,10,14H,2-4H2,1H3,(H,18,19). The smallest absolute Gasteiger partial charge is 0.227 e. The maximum Gasteiger partial charge on any atom is 0.227 e. The number of hydrogen-bond donors (Lipinski definition) is 1. The minimum atomic E-state index is 0.0126. The van der Waals surface area contributed by atoms with Crippen LogP contribution in [-0.4, -0.2) is 5.91 Å². The van der Waals surface area contributed by atoms with Gasteiger partial charge in [-0.1, -0.05) is 13.3 Å². The fraction of sp³-hybridized carbons (Fsp3) is 0.400. The molecule has 0 aromatic heterocycles. The predicted molar refractivity (Wildman–Crippen MR) is 71.0 cm³/mol. The maximum atomic E-state index is 12.1. The van der Waals surface area contributed by atoms with Gasteiger partial charge in [0.05, 0.1) is 11.1 Å². The van der Waals surface area contributed by atoms with Gasteiger partial charge in [-0.15, -0.1) is 0 Å². The van der Waals surface area contributed by atoms with Gasteiger partial charge in [0.15, 0.2) is 0 Å². The van der Waals surface area contributed by atoms with E-state index in [0.29, 0.717) is 22.7 Å². The summed E-state index contributed by atoms with van der Waals surface area (Å²) in [6.45, 7) is 2.09. The van der Waals surface area contributed by atoms with E-state index in [1.165, 1.54) is 0 Å². The molecule has 2 unspecified atom stereocenters. The molecule has 1 aromatic carbocycles.